The molecule has 3 heteroatoms. The van der Waals surface area contributed by atoms with Gasteiger partial charge in [-0.1, -0.05) is 78.3 Å². The Morgan fingerprint density at radius 3 is 2.25 bits per heavy atom. The van der Waals surface area contributed by atoms with Crippen molar-refractivity contribution in [2.75, 3.05) is 0 Å². The van der Waals surface area contributed by atoms with Crippen LogP contribution in [0.3, 0.4) is 0 Å². The van der Waals surface area contributed by atoms with E-state index >= 15 is 0 Å². The largest absolute Gasteiger partial charge is 0.455 e. The van der Waals surface area contributed by atoms with Gasteiger partial charge < -0.3 is 4.42 Å². The predicted molar refractivity (Wildman–Crippen MR) is 114 cm³/mol. The Kier molecular flexibility index (Phi) is 3.90. The van der Waals surface area contributed by atoms with Crippen LogP contribution in [-0.2, 0) is 0 Å². The molecular formula is C25H14ClNO. The number of nitrogens with zero attached hydrogens (tertiary/aromatic N) is 1. The van der Waals surface area contributed by atoms with Crippen molar-refractivity contribution in [1.29, 1.82) is 5.26 Å². The van der Waals surface area contributed by atoms with Crippen molar-refractivity contribution in [3.63, 3.8) is 0 Å². The standard InChI is InChI=1S/C25H14ClNO/c26-17-13-21(16-7-2-1-3-8-16)23(15-27)22(14-17)20-11-6-10-19-18-9-4-5-12-24(18)28-25(19)20/h1-14H. The molecule has 0 fully saturated rings. The van der Waals surface area contributed by atoms with Crippen LogP contribution in [0.1, 0.15) is 5.56 Å². The fourth-order valence-electron chi connectivity index (χ4n) is 3.74. The monoisotopic (exact) mass is 379 g/mol. The van der Waals surface area contributed by atoms with Crippen molar-refractivity contribution in [3.8, 4) is 28.3 Å². The van der Waals surface area contributed by atoms with E-state index in [-0.39, 0.29) is 0 Å². The first-order valence-corrected chi connectivity index (χ1v) is 9.34. The molecule has 0 N–H and O–H groups in total. The molecule has 0 saturated heterocycles. The maximum Gasteiger partial charge on any atom is 0.143 e. The average Bonchev–Trinajstić information content (AvgIpc) is 3.12. The van der Waals surface area contributed by atoms with Gasteiger partial charge in [0.15, 0.2) is 0 Å². The number of hydrogen-bond donors (Lipinski definition) is 0. The van der Waals surface area contributed by atoms with Crippen LogP contribution in [0.2, 0.25) is 5.02 Å². The summed E-state index contributed by atoms with van der Waals surface area (Å²) in [6.45, 7) is 0. The van der Waals surface area contributed by atoms with E-state index in [4.69, 9.17) is 16.0 Å². The number of furan rings is 1. The summed E-state index contributed by atoms with van der Waals surface area (Å²) in [5, 5.41) is 12.7. The second-order valence-electron chi connectivity index (χ2n) is 6.63. The predicted octanol–water partition coefficient (Wildman–Crippen LogP) is 7.45. The SMILES string of the molecule is N#Cc1c(-c2ccccc2)cc(Cl)cc1-c1cccc2c1oc1ccccc12. The van der Waals surface area contributed by atoms with E-state index in [1.54, 1.807) is 0 Å². The van der Waals surface area contributed by atoms with Gasteiger partial charge in [-0.3, -0.25) is 0 Å². The van der Waals surface area contributed by atoms with Crippen molar-refractivity contribution in [3.05, 3.63) is 95.5 Å². The van der Waals surface area contributed by atoms with Gasteiger partial charge >= 0.3 is 0 Å². The van der Waals surface area contributed by atoms with Crippen molar-refractivity contribution in [2.45, 2.75) is 0 Å². The van der Waals surface area contributed by atoms with Gasteiger partial charge in [-0.05, 0) is 23.8 Å². The van der Waals surface area contributed by atoms with E-state index < -0.39 is 0 Å². The third-order valence-electron chi connectivity index (χ3n) is 4.99. The first-order chi connectivity index (χ1) is 13.8. The Hall–Kier alpha value is -3.54. The molecule has 0 aliphatic rings. The van der Waals surface area contributed by atoms with Crippen LogP contribution in [0, 0.1) is 11.3 Å². The normalized spacial score (nSPS) is 11.0. The highest BCUT2D eigenvalue weighted by Crippen LogP contribution is 2.40. The Morgan fingerprint density at radius 2 is 1.43 bits per heavy atom. The van der Waals surface area contributed by atoms with Crippen LogP contribution in [0.5, 0.6) is 0 Å². The fourth-order valence-corrected chi connectivity index (χ4v) is 3.96. The summed E-state index contributed by atoms with van der Waals surface area (Å²) in [5.74, 6) is 0. The first-order valence-electron chi connectivity index (χ1n) is 8.96. The van der Waals surface area contributed by atoms with Crippen LogP contribution < -0.4 is 0 Å². The first kappa shape index (κ1) is 16.6. The van der Waals surface area contributed by atoms with Gasteiger partial charge in [0.25, 0.3) is 0 Å². The fraction of sp³-hybridized carbons (Fsp3) is 0. The molecular weight excluding hydrogens is 366 g/mol. The number of benzene rings is 4. The summed E-state index contributed by atoms with van der Waals surface area (Å²) in [4.78, 5) is 0. The summed E-state index contributed by atoms with van der Waals surface area (Å²) in [6, 6.07) is 29.9. The van der Waals surface area contributed by atoms with Gasteiger partial charge in [0.1, 0.15) is 17.2 Å². The highest BCUT2D eigenvalue weighted by molar-refractivity contribution is 6.31. The van der Waals surface area contributed by atoms with E-state index in [0.29, 0.717) is 10.6 Å². The molecule has 28 heavy (non-hydrogen) atoms. The van der Waals surface area contributed by atoms with Crippen LogP contribution in [0.15, 0.2) is 89.3 Å². The van der Waals surface area contributed by atoms with Crippen molar-refractivity contribution in [1.82, 2.24) is 0 Å². The number of rotatable bonds is 2. The van der Waals surface area contributed by atoms with Crippen molar-refractivity contribution >= 4 is 33.5 Å². The van der Waals surface area contributed by atoms with Crippen LogP contribution in [0.4, 0.5) is 0 Å². The molecule has 0 atom stereocenters. The molecule has 0 unspecified atom stereocenters. The Labute approximate surface area is 167 Å². The third-order valence-corrected chi connectivity index (χ3v) is 5.21. The summed E-state index contributed by atoms with van der Waals surface area (Å²) < 4.78 is 6.17. The molecule has 0 amide bonds. The second kappa shape index (κ2) is 6.56. The maximum atomic E-state index is 10.0. The van der Waals surface area contributed by atoms with E-state index in [1.165, 1.54) is 0 Å². The molecule has 0 spiro atoms. The quantitative estimate of drug-likeness (QED) is 0.319. The Balaban J connectivity index is 1.86. The minimum absolute atomic E-state index is 0.584. The molecule has 5 rings (SSSR count). The topological polar surface area (TPSA) is 36.9 Å². The Bertz CT molecular complexity index is 1380. The molecule has 1 aromatic heterocycles. The third kappa shape index (κ3) is 2.57. The Morgan fingerprint density at radius 1 is 0.714 bits per heavy atom. The van der Waals surface area contributed by atoms with Crippen LogP contribution in [-0.4, -0.2) is 0 Å². The van der Waals surface area contributed by atoms with Gasteiger partial charge in [-0.25, -0.2) is 0 Å². The summed E-state index contributed by atoms with van der Waals surface area (Å²) >= 11 is 6.47. The van der Waals surface area contributed by atoms with Gasteiger partial charge in [-0.2, -0.15) is 5.26 Å². The molecule has 1 heterocycles. The van der Waals surface area contributed by atoms with Crippen molar-refractivity contribution < 1.29 is 4.42 Å². The summed E-state index contributed by atoms with van der Waals surface area (Å²) in [5.41, 5.74) is 5.60. The molecule has 0 aliphatic heterocycles. The van der Waals surface area contributed by atoms with Gasteiger partial charge in [-0.15, -0.1) is 0 Å². The molecule has 0 bridgehead atoms. The number of nitriles is 1. The zero-order chi connectivity index (χ0) is 19.1. The van der Waals surface area contributed by atoms with Gasteiger partial charge in [0.2, 0.25) is 0 Å². The molecule has 0 radical (unpaired) electrons. The highest BCUT2D eigenvalue weighted by atomic mass is 35.5. The lowest BCUT2D eigenvalue weighted by atomic mass is 9.91. The number of para-hydroxylation sites is 2. The molecule has 4 aromatic carbocycles. The average molecular weight is 380 g/mol. The summed E-state index contributed by atoms with van der Waals surface area (Å²) in [7, 11) is 0. The maximum absolute atomic E-state index is 10.0. The molecule has 132 valence electrons. The minimum Gasteiger partial charge on any atom is -0.455 e. The summed E-state index contributed by atoms with van der Waals surface area (Å²) in [6.07, 6.45) is 0. The number of fused-ring (bicyclic) bond motifs is 3. The lowest BCUT2D eigenvalue weighted by molar-refractivity contribution is 0.670. The lowest BCUT2D eigenvalue weighted by Gasteiger charge is -2.12. The minimum atomic E-state index is 0.584. The van der Waals surface area contributed by atoms with Crippen molar-refractivity contribution in [2.24, 2.45) is 0 Å². The molecule has 0 aliphatic carbocycles. The second-order valence-corrected chi connectivity index (χ2v) is 7.07. The number of halogens is 1. The van der Waals surface area contributed by atoms with Crippen LogP contribution >= 0.6 is 11.6 Å². The highest BCUT2D eigenvalue weighted by Gasteiger charge is 2.18. The zero-order valence-electron chi connectivity index (χ0n) is 14.8. The van der Waals surface area contributed by atoms with Crippen LogP contribution in [0.25, 0.3) is 44.2 Å². The molecule has 2 nitrogen and oxygen atoms in total. The zero-order valence-corrected chi connectivity index (χ0v) is 15.6. The van der Waals surface area contributed by atoms with E-state index in [9.17, 15) is 5.26 Å². The van der Waals surface area contributed by atoms with Gasteiger partial charge in [0.05, 0.1) is 5.56 Å². The van der Waals surface area contributed by atoms with E-state index in [0.717, 1.165) is 44.2 Å². The van der Waals surface area contributed by atoms with Gasteiger partial charge in [0, 0.05) is 32.5 Å². The van der Waals surface area contributed by atoms with E-state index in [2.05, 4.69) is 6.07 Å². The number of hydrogen-bond acceptors (Lipinski definition) is 2. The molecule has 0 saturated carbocycles. The lowest BCUT2D eigenvalue weighted by Crippen LogP contribution is -1.91. The smallest absolute Gasteiger partial charge is 0.143 e. The molecule has 5 aromatic rings. The van der Waals surface area contributed by atoms with E-state index in [1.807, 2.05) is 84.9 Å².